The standard InChI is InChI=1S/C17H23N3O/c1-12-6-5-7-15(10-12)8-9-17(21)18-11-16-13(2)19-20(4)14(16)3/h5-7,10H,8-9,11H2,1-4H3,(H,18,21). The van der Waals surface area contributed by atoms with Gasteiger partial charge in [-0.1, -0.05) is 29.8 Å². The van der Waals surface area contributed by atoms with Crippen molar-refractivity contribution in [1.29, 1.82) is 0 Å². The number of hydrogen-bond donors (Lipinski definition) is 1. The number of carbonyl (C=O) groups excluding carboxylic acids is 1. The fourth-order valence-electron chi connectivity index (χ4n) is 2.47. The lowest BCUT2D eigenvalue weighted by Gasteiger charge is -2.06. The van der Waals surface area contributed by atoms with E-state index in [1.54, 1.807) is 0 Å². The summed E-state index contributed by atoms with van der Waals surface area (Å²) < 4.78 is 1.85. The summed E-state index contributed by atoms with van der Waals surface area (Å²) in [5.74, 6) is 0.0826. The molecule has 0 radical (unpaired) electrons. The molecule has 1 N–H and O–H groups in total. The number of nitrogens with one attached hydrogen (secondary N) is 1. The van der Waals surface area contributed by atoms with Crippen molar-refractivity contribution in [3.05, 3.63) is 52.3 Å². The molecule has 0 atom stereocenters. The Balaban J connectivity index is 1.85. The summed E-state index contributed by atoms with van der Waals surface area (Å²) in [6.07, 6.45) is 1.29. The Kier molecular flexibility index (Phi) is 4.78. The molecule has 0 saturated carbocycles. The maximum absolute atomic E-state index is 12.0. The molecule has 0 saturated heterocycles. The molecule has 4 nitrogen and oxygen atoms in total. The number of nitrogens with zero attached hydrogens (tertiary/aromatic N) is 2. The quantitative estimate of drug-likeness (QED) is 0.918. The fourth-order valence-corrected chi connectivity index (χ4v) is 2.47. The first-order valence-electron chi connectivity index (χ1n) is 7.28. The summed E-state index contributed by atoms with van der Waals surface area (Å²) in [6.45, 7) is 6.62. The number of rotatable bonds is 5. The third-order valence-electron chi connectivity index (χ3n) is 3.84. The van der Waals surface area contributed by atoms with E-state index in [1.807, 2.05) is 31.6 Å². The van der Waals surface area contributed by atoms with E-state index in [9.17, 15) is 4.79 Å². The van der Waals surface area contributed by atoms with Gasteiger partial charge in [0.05, 0.1) is 5.69 Å². The predicted octanol–water partition coefficient (Wildman–Crippen LogP) is 2.59. The minimum absolute atomic E-state index is 0.0826. The van der Waals surface area contributed by atoms with Crippen LogP contribution in [-0.4, -0.2) is 15.7 Å². The first-order chi connectivity index (χ1) is 9.97. The lowest BCUT2D eigenvalue weighted by atomic mass is 10.1. The molecule has 0 spiro atoms. The molecule has 1 aromatic heterocycles. The third-order valence-corrected chi connectivity index (χ3v) is 3.84. The Morgan fingerprint density at radius 2 is 2.05 bits per heavy atom. The van der Waals surface area contributed by atoms with Crippen molar-refractivity contribution in [2.75, 3.05) is 0 Å². The number of aryl methyl sites for hydroxylation is 4. The maximum Gasteiger partial charge on any atom is 0.220 e. The molecule has 4 heteroatoms. The molecule has 0 aliphatic carbocycles. The minimum atomic E-state index is 0.0826. The highest BCUT2D eigenvalue weighted by atomic mass is 16.1. The molecular weight excluding hydrogens is 262 g/mol. The summed E-state index contributed by atoms with van der Waals surface area (Å²) in [6, 6.07) is 8.29. The molecular formula is C17H23N3O. The van der Waals surface area contributed by atoms with Crippen LogP contribution in [0.25, 0.3) is 0 Å². The second-order valence-corrected chi connectivity index (χ2v) is 5.54. The number of aromatic nitrogens is 2. The molecule has 0 bridgehead atoms. The SMILES string of the molecule is Cc1cccc(CCC(=O)NCc2c(C)nn(C)c2C)c1. The molecule has 112 valence electrons. The third kappa shape index (κ3) is 3.94. The Morgan fingerprint density at radius 1 is 1.29 bits per heavy atom. The summed E-state index contributed by atoms with van der Waals surface area (Å²) >= 11 is 0. The molecule has 0 aliphatic rings. The Labute approximate surface area is 126 Å². The average Bonchev–Trinajstić information content (AvgIpc) is 2.68. The highest BCUT2D eigenvalue weighted by Crippen LogP contribution is 2.11. The van der Waals surface area contributed by atoms with E-state index >= 15 is 0 Å². The van der Waals surface area contributed by atoms with Crippen LogP contribution in [0.1, 0.15) is 34.5 Å². The van der Waals surface area contributed by atoms with Crippen molar-refractivity contribution in [2.45, 2.75) is 40.2 Å². The normalized spacial score (nSPS) is 10.7. The van der Waals surface area contributed by atoms with E-state index in [1.165, 1.54) is 11.1 Å². The molecule has 21 heavy (non-hydrogen) atoms. The van der Waals surface area contributed by atoms with Crippen molar-refractivity contribution in [3.8, 4) is 0 Å². The van der Waals surface area contributed by atoms with Gasteiger partial charge in [-0.25, -0.2) is 0 Å². The maximum atomic E-state index is 12.0. The largest absolute Gasteiger partial charge is 0.352 e. The van der Waals surface area contributed by atoms with Gasteiger partial charge < -0.3 is 5.32 Å². The van der Waals surface area contributed by atoms with Gasteiger partial charge in [-0.05, 0) is 32.8 Å². The van der Waals surface area contributed by atoms with E-state index in [2.05, 4.69) is 35.5 Å². The zero-order chi connectivity index (χ0) is 15.4. The van der Waals surface area contributed by atoms with Gasteiger partial charge in [0, 0.05) is 31.3 Å². The fraction of sp³-hybridized carbons (Fsp3) is 0.412. The van der Waals surface area contributed by atoms with Crippen LogP contribution >= 0.6 is 0 Å². The molecule has 2 aromatic rings. The van der Waals surface area contributed by atoms with Crippen molar-refractivity contribution in [3.63, 3.8) is 0 Å². The van der Waals surface area contributed by atoms with Crippen molar-refractivity contribution >= 4 is 5.91 Å². The van der Waals surface area contributed by atoms with Crippen molar-refractivity contribution in [1.82, 2.24) is 15.1 Å². The van der Waals surface area contributed by atoms with Crippen LogP contribution in [0, 0.1) is 20.8 Å². The zero-order valence-corrected chi connectivity index (χ0v) is 13.2. The van der Waals surface area contributed by atoms with Crippen LogP contribution in [0.5, 0.6) is 0 Å². The van der Waals surface area contributed by atoms with Gasteiger partial charge in [-0.2, -0.15) is 5.10 Å². The van der Waals surface area contributed by atoms with Gasteiger partial charge in [0.25, 0.3) is 0 Å². The Morgan fingerprint density at radius 3 is 2.67 bits per heavy atom. The lowest BCUT2D eigenvalue weighted by Crippen LogP contribution is -2.23. The van der Waals surface area contributed by atoms with Crippen LogP contribution in [-0.2, 0) is 24.8 Å². The lowest BCUT2D eigenvalue weighted by molar-refractivity contribution is -0.121. The summed E-state index contributed by atoms with van der Waals surface area (Å²) in [7, 11) is 1.92. The molecule has 0 unspecified atom stereocenters. The van der Waals surface area contributed by atoms with Crippen molar-refractivity contribution < 1.29 is 4.79 Å². The molecule has 2 rings (SSSR count). The molecule has 0 fully saturated rings. The van der Waals surface area contributed by atoms with Gasteiger partial charge in [0.2, 0.25) is 5.91 Å². The second-order valence-electron chi connectivity index (χ2n) is 5.54. The Hall–Kier alpha value is -2.10. The van der Waals surface area contributed by atoms with E-state index in [-0.39, 0.29) is 5.91 Å². The molecule has 1 heterocycles. The zero-order valence-electron chi connectivity index (χ0n) is 13.2. The van der Waals surface area contributed by atoms with Crippen LogP contribution in [0.4, 0.5) is 0 Å². The first-order valence-corrected chi connectivity index (χ1v) is 7.28. The minimum Gasteiger partial charge on any atom is -0.352 e. The number of carbonyl (C=O) groups is 1. The van der Waals surface area contributed by atoms with Crippen LogP contribution in [0.3, 0.4) is 0 Å². The first kappa shape index (κ1) is 15.3. The topological polar surface area (TPSA) is 46.9 Å². The Bertz CT molecular complexity index is 643. The second kappa shape index (κ2) is 6.57. The smallest absolute Gasteiger partial charge is 0.220 e. The van der Waals surface area contributed by atoms with E-state index < -0.39 is 0 Å². The predicted molar refractivity (Wildman–Crippen MR) is 84.0 cm³/mol. The number of hydrogen-bond acceptors (Lipinski definition) is 2. The molecule has 0 aliphatic heterocycles. The van der Waals surface area contributed by atoms with Gasteiger partial charge in [0.15, 0.2) is 0 Å². The van der Waals surface area contributed by atoms with Gasteiger partial charge >= 0.3 is 0 Å². The number of amides is 1. The summed E-state index contributed by atoms with van der Waals surface area (Å²) in [5.41, 5.74) is 5.63. The van der Waals surface area contributed by atoms with Crippen LogP contribution in [0.2, 0.25) is 0 Å². The summed E-state index contributed by atoms with van der Waals surface area (Å²) in [4.78, 5) is 12.0. The molecule has 1 amide bonds. The summed E-state index contributed by atoms with van der Waals surface area (Å²) in [5, 5.41) is 7.34. The number of benzene rings is 1. The van der Waals surface area contributed by atoms with Crippen LogP contribution in [0.15, 0.2) is 24.3 Å². The van der Waals surface area contributed by atoms with Gasteiger partial charge in [-0.15, -0.1) is 0 Å². The molecule has 1 aromatic carbocycles. The average molecular weight is 285 g/mol. The highest BCUT2D eigenvalue weighted by molar-refractivity contribution is 5.76. The van der Waals surface area contributed by atoms with Gasteiger partial charge in [-0.3, -0.25) is 9.48 Å². The van der Waals surface area contributed by atoms with E-state index in [4.69, 9.17) is 0 Å². The highest BCUT2D eigenvalue weighted by Gasteiger charge is 2.10. The van der Waals surface area contributed by atoms with E-state index in [0.29, 0.717) is 13.0 Å². The van der Waals surface area contributed by atoms with Crippen molar-refractivity contribution in [2.24, 2.45) is 7.05 Å². The monoisotopic (exact) mass is 285 g/mol. The van der Waals surface area contributed by atoms with Crippen LogP contribution < -0.4 is 5.32 Å². The van der Waals surface area contributed by atoms with Gasteiger partial charge in [0.1, 0.15) is 0 Å². The van der Waals surface area contributed by atoms with E-state index in [0.717, 1.165) is 23.4 Å².